The molecule has 0 fully saturated rings. The van der Waals surface area contributed by atoms with E-state index in [1.54, 1.807) is 67.6 Å². The summed E-state index contributed by atoms with van der Waals surface area (Å²) in [6.07, 6.45) is 0.716. The molecule has 2 amide bonds. The van der Waals surface area contributed by atoms with Gasteiger partial charge in [-0.1, -0.05) is 66.6 Å². The fraction of sp³-hybridized carbons (Fsp3) is 0.333. The van der Waals surface area contributed by atoms with E-state index in [1.807, 2.05) is 20.8 Å². The largest absolute Gasteiger partial charge is 0.495 e. The lowest BCUT2D eigenvalue weighted by molar-refractivity contribution is -0.139. The fourth-order valence-corrected chi connectivity index (χ4v) is 5.67. The summed E-state index contributed by atoms with van der Waals surface area (Å²) >= 11 is 6.41. The Balaban J connectivity index is 2.07. The first-order chi connectivity index (χ1) is 19.0. The summed E-state index contributed by atoms with van der Waals surface area (Å²) in [5.41, 5.74) is 1.73. The van der Waals surface area contributed by atoms with Crippen LogP contribution in [0, 0.1) is 6.92 Å². The maximum absolute atomic E-state index is 14.0. The van der Waals surface area contributed by atoms with Crippen molar-refractivity contribution < 1.29 is 22.7 Å². The van der Waals surface area contributed by atoms with Crippen LogP contribution in [0.5, 0.6) is 5.75 Å². The van der Waals surface area contributed by atoms with Crippen molar-refractivity contribution in [2.45, 2.75) is 57.6 Å². The Labute approximate surface area is 241 Å². The highest BCUT2D eigenvalue weighted by atomic mass is 35.5. The summed E-state index contributed by atoms with van der Waals surface area (Å²) < 4.78 is 34.4. The number of nitrogens with one attached hydrogen (secondary N) is 1. The maximum Gasteiger partial charge on any atom is 0.264 e. The van der Waals surface area contributed by atoms with Gasteiger partial charge in [0.2, 0.25) is 11.8 Å². The van der Waals surface area contributed by atoms with Gasteiger partial charge in [0.15, 0.2) is 0 Å². The number of sulfonamides is 1. The van der Waals surface area contributed by atoms with Crippen LogP contribution in [0.2, 0.25) is 5.02 Å². The molecule has 0 aromatic heterocycles. The molecule has 0 unspecified atom stereocenters. The third-order valence-corrected chi connectivity index (χ3v) is 8.85. The fourth-order valence-electron chi connectivity index (χ4n) is 4.04. The van der Waals surface area contributed by atoms with Gasteiger partial charge in [-0.05, 0) is 63.1 Å². The molecule has 0 heterocycles. The molecule has 0 aliphatic carbocycles. The number of aryl methyl sites for hydroxylation is 1. The van der Waals surface area contributed by atoms with Crippen molar-refractivity contribution in [3.8, 4) is 5.75 Å². The van der Waals surface area contributed by atoms with E-state index in [1.165, 1.54) is 24.1 Å². The second-order valence-corrected chi connectivity index (χ2v) is 11.9. The Morgan fingerprint density at radius 3 is 2.23 bits per heavy atom. The van der Waals surface area contributed by atoms with E-state index in [-0.39, 0.29) is 34.8 Å². The zero-order chi connectivity index (χ0) is 29.4. The summed E-state index contributed by atoms with van der Waals surface area (Å²) in [4.78, 5) is 28.6. The molecule has 2 atom stereocenters. The molecule has 0 radical (unpaired) electrons. The van der Waals surface area contributed by atoms with Gasteiger partial charge >= 0.3 is 0 Å². The number of nitrogens with zero attached hydrogens (tertiary/aromatic N) is 2. The average Bonchev–Trinajstić information content (AvgIpc) is 2.95. The molecule has 0 aliphatic rings. The average molecular weight is 586 g/mol. The summed E-state index contributed by atoms with van der Waals surface area (Å²) in [6, 6.07) is 19.0. The van der Waals surface area contributed by atoms with Gasteiger partial charge in [0.25, 0.3) is 10.0 Å². The lowest BCUT2D eigenvalue weighted by Gasteiger charge is -2.33. The number of amides is 2. The van der Waals surface area contributed by atoms with Crippen molar-refractivity contribution in [2.75, 3.05) is 18.0 Å². The molecular formula is C30H36ClN3O5S. The molecule has 0 spiro atoms. The monoisotopic (exact) mass is 585 g/mol. The van der Waals surface area contributed by atoms with Crippen LogP contribution >= 0.6 is 11.6 Å². The molecule has 3 aromatic carbocycles. The first-order valence-corrected chi connectivity index (χ1v) is 14.9. The van der Waals surface area contributed by atoms with E-state index in [0.29, 0.717) is 17.0 Å². The minimum atomic E-state index is -4.20. The van der Waals surface area contributed by atoms with E-state index >= 15 is 0 Å². The maximum atomic E-state index is 14.0. The molecule has 0 saturated carbocycles. The van der Waals surface area contributed by atoms with E-state index in [0.717, 1.165) is 9.87 Å². The van der Waals surface area contributed by atoms with Gasteiger partial charge in [-0.15, -0.1) is 0 Å². The molecule has 0 aliphatic heterocycles. The van der Waals surface area contributed by atoms with Gasteiger partial charge < -0.3 is 15.0 Å². The first kappa shape index (κ1) is 31.0. The molecule has 0 bridgehead atoms. The van der Waals surface area contributed by atoms with E-state index in [2.05, 4.69) is 5.32 Å². The van der Waals surface area contributed by atoms with Crippen molar-refractivity contribution >= 4 is 39.1 Å². The zero-order valence-electron chi connectivity index (χ0n) is 23.4. The first-order valence-electron chi connectivity index (χ1n) is 13.0. The Morgan fingerprint density at radius 2 is 1.60 bits per heavy atom. The van der Waals surface area contributed by atoms with Crippen LogP contribution in [0.3, 0.4) is 0 Å². The normalized spacial score (nSPS) is 12.8. The predicted octanol–water partition coefficient (Wildman–Crippen LogP) is 5.18. The van der Waals surface area contributed by atoms with Crippen molar-refractivity contribution in [3.63, 3.8) is 0 Å². The molecule has 40 heavy (non-hydrogen) atoms. The molecule has 0 saturated heterocycles. The summed E-state index contributed by atoms with van der Waals surface area (Å²) in [5.74, 6) is -0.639. The van der Waals surface area contributed by atoms with E-state index < -0.39 is 28.5 Å². The van der Waals surface area contributed by atoms with Crippen LogP contribution in [0.4, 0.5) is 5.69 Å². The van der Waals surface area contributed by atoms with Crippen LogP contribution < -0.4 is 14.4 Å². The molecule has 3 aromatic rings. The second kappa shape index (κ2) is 13.7. The zero-order valence-corrected chi connectivity index (χ0v) is 25.0. The van der Waals surface area contributed by atoms with Crippen LogP contribution in [0.15, 0.2) is 77.7 Å². The number of rotatable bonds is 12. The highest BCUT2D eigenvalue weighted by Crippen LogP contribution is 2.32. The Morgan fingerprint density at radius 1 is 0.975 bits per heavy atom. The third-order valence-electron chi connectivity index (χ3n) is 6.71. The third kappa shape index (κ3) is 7.34. The van der Waals surface area contributed by atoms with Gasteiger partial charge in [0.1, 0.15) is 18.3 Å². The number of halogens is 1. The van der Waals surface area contributed by atoms with E-state index in [9.17, 15) is 18.0 Å². The van der Waals surface area contributed by atoms with Crippen molar-refractivity contribution in [3.05, 3.63) is 88.9 Å². The topological polar surface area (TPSA) is 96.0 Å². The Kier molecular flexibility index (Phi) is 10.6. The number of carbonyl (C=O) groups excluding carboxylic acids is 2. The second-order valence-electron chi connectivity index (χ2n) is 9.60. The summed E-state index contributed by atoms with van der Waals surface area (Å²) in [7, 11) is -2.77. The lowest BCUT2D eigenvalue weighted by Crippen LogP contribution is -2.52. The molecular weight excluding hydrogens is 550 g/mol. The number of carbonyl (C=O) groups is 2. The highest BCUT2D eigenvalue weighted by molar-refractivity contribution is 7.92. The van der Waals surface area contributed by atoms with Gasteiger partial charge in [-0.2, -0.15) is 0 Å². The molecule has 1 N–H and O–H groups in total. The number of methoxy groups -OCH3 is 1. The van der Waals surface area contributed by atoms with Gasteiger partial charge in [0.05, 0.1) is 17.7 Å². The smallest absolute Gasteiger partial charge is 0.264 e. The molecule has 3 rings (SSSR count). The molecule has 214 valence electrons. The van der Waals surface area contributed by atoms with Gasteiger partial charge in [-0.25, -0.2) is 8.42 Å². The number of hydrogen-bond donors (Lipinski definition) is 1. The standard InChI is InChI=1S/C30H36ClN3O5S/c1-6-22(3)32-30(36)23(4)33(19-24-11-7-8-12-26(24)31)29(35)20-34(27-13-9-10-14-28(27)39-5)40(37,38)25-17-15-21(2)16-18-25/h7-18,22-23H,6,19-20H2,1-5H3,(H,32,36)/t22-,23+/m1/s1. The SMILES string of the molecule is CC[C@@H](C)NC(=O)[C@H](C)N(Cc1ccccc1Cl)C(=O)CN(c1ccccc1OC)S(=O)(=O)c1ccc(C)cc1. The summed E-state index contributed by atoms with van der Waals surface area (Å²) in [6.45, 7) is 6.75. The highest BCUT2D eigenvalue weighted by Gasteiger charge is 2.34. The minimum absolute atomic E-state index is 0.0118. The predicted molar refractivity (Wildman–Crippen MR) is 158 cm³/mol. The number of anilines is 1. The summed E-state index contributed by atoms with van der Waals surface area (Å²) in [5, 5.41) is 3.35. The quantitative estimate of drug-likeness (QED) is 0.316. The van der Waals surface area contributed by atoms with E-state index in [4.69, 9.17) is 16.3 Å². The number of para-hydroxylation sites is 2. The van der Waals surface area contributed by atoms with Crippen LogP contribution in [0.1, 0.15) is 38.3 Å². The van der Waals surface area contributed by atoms with Crippen molar-refractivity contribution in [1.29, 1.82) is 0 Å². The Bertz CT molecular complexity index is 1430. The number of benzene rings is 3. The molecule has 8 nitrogen and oxygen atoms in total. The van der Waals surface area contributed by atoms with Crippen LogP contribution in [0.25, 0.3) is 0 Å². The van der Waals surface area contributed by atoms with Crippen molar-refractivity contribution in [2.24, 2.45) is 0 Å². The van der Waals surface area contributed by atoms with Gasteiger partial charge in [-0.3, -0.25) is 13.9 Å². The lowest BCUT2D eigenvalue weighted by atomic mass is 10.1. The number of hydrogen-bond acceptors (Lipinski definition) is 5. The number of ether oxygens (including phenoxy) is 1. The minimum Gasteiger partial charge on any atom is -0.495 e. The molecule has 10 heteroatoms. The van der Waals surface area contributed by atoms with Crippen LogP contribution in [-0.4, -0.2) is 50.9 Å². The van der Waals surface area contributed by atoms with Gasteiger partial charge in [0, 0.05) is 17.6 Å². The van der Waals surface area contributed by atoms with Crippen molar-refractivity contribution in [1.82, 2.24) is 10.2 Å². The van der Waals surface area contributed by atoms with Crippen LogP contribution in [-0.2, 0) is 26.2 Å². The Hall–Kier alpha value is -3.56.